The highest BCUT2D eigenvalue weighted by Gasteiger charge is 2.31. The van der Waals surface area contributed by atoms with Crippen molar-refractivity contribution in [1.29, 1.82) is 0 Å². The lowest BCUT2D eigenvalue weighted by atomic mass is 9.78. The van der Waals surface area contributed by atoms with Crippen molar-refractivity contribution in [3.63, 3.8) is 0 Å². The second-order valence-corrected chi connectivity index (χ2v) is 17.8. The van der Waals surface area contributed by atoms with E-state index in [0.717, 1.165) is 47.6 Å². The summed E-state index contributed by atoms with van der Waals surface area (Å²) in [5, 5.41) is 0. The summed E-state index contributed by atoms with van der Waals surface area (Å²) in [5.74, 6) is 0.677. The van der Waals surface area contributed by atoms with Gasteiger partial charge in [-0.15, -0.1) is 0 Å². The average molecular weight is 731 g/mol. The van der Waals surface area contributed by atoms with Crippen LogP contribution in [-0.4, -0.2) is 40.5 Å². The van der Waals surface area contributed by atoms with Crippen LogP contribution >= 0.6 is 0 Å². The van der Waals surface area contributed by atoms with Crippen LogP contribution in [0.25, 0.3) is 0 Å². The molecule has 4 aromatic rings. The summed E-state index contributed by atoms with van der Waals surface area (Å²) in [7, 11) is -14.4. The molecule has 0 heterocycles. The number of sulfone groups is 1. The first kappa shape index (κ1) is 38.1. The van der Waals surface area contributed by atoms with Crippen molar-refractivity contribution in [2.24, 2.45) is 0 Å². The summed E-state index contributed by atoms with van der Waals surface area (Å²) in [5.41, 5.74) is 1.06. The minimum atomic E-state index is -5.00. The maximum Gasteiger partial charge on any atom is 0.298 e. The van der Waals surface area contributed by atoms with Crippen molar-refractivity contribution in [1.82, 2.24) is 0 Å². The van der Waals surface area contributed by atoms with Gasteiger partial charge in [0.1, 0.15) is 22.1 Å². The Kier molecular flexibility index (Phi) is 10.8. The molecule has 0 amide bonds. The SMILES string of the molecule is CCC(C)Oc1ccc(C(C)(C)c2ccc(Oc3ccc(S(=O)(=O)c4ccc(C(C)(C)CC)c(S(=O)(=O)O)c4)cc3S(=O)(=O)O)cc2)cc1. The highest BCUT2D eigenvalue weighted by Crippen LogP contribution is 2.38. The summed E-state index contributed by atoms with van der Waals surface area (Å²) in [6.45, 7) is 13.5. The Labute approximate surface area is 289 Å². The predicted molar refractivity (Wildman–Crippen MR) is 187 cm³/mol. The number of hydrogen-bond acceptors (Lipinski definition) is 8. The molecule has 0 aliphatic carbocycles. The van der Waals surface area contributed by atoms with Gasteiger partial charge in [0.15, 0.2) is 0 Å². The highest BCUT2D eigenvalue weighted by atomic mass is 32.2. The minimum absolute atomic E-state index is 0.102. The van der Waals surface area contributed by atoms with Crippen LogP contribution in [0.5, 0.6) is 17.2 Å². The first-order valence-electron chi connectivity index (χ1n) is 15.7. The van der Waals surface area contributed by atoms with Gasteiger partial charge in [0.25, 0.3) is 20.2 Å². The van der Waals surface area contributed by atoms with Gasteiger partial charge in [-0.3, -0.25) is 9.11 Å². The third-order valence-electron chi connectivity index (χ3n) is 8.95. The van der Waals surface area contributed by atoms with E-state index in [0.29, 0.717) is 6.42 Å². The Morgan fingerprint density at radius 1 is 0.653 bits per heavy atom. The molecule has 1 unspecified atom stereocenters. The Bertz CT molecular complexity index is 2150. The van der Waals surface area contributed by atoms with Crippen molar-refractivity contribution in [2.45, 2.75) is 97.8 Å². The molecule has 0 fully saturated rings. The van der Waals surface area contributed by atoms with Crippen LogP contribution in [0.4, 0.5) is 0 Å². The molecule has 1 atom stereocenters. The van der Waals surface area contributed by atoms with Crippen molar-refractivity contribution >= 4 is 30.1 Å². The molecule has 4 rings (SSSR count). The summed E-state index contributed by atoms with van der Waals surface area (Å²) < 4.78 is 108. The average Bonchev–Trinajstić information content (AvgIpc) is 3.04. The smallest absolute Gasteiger partial charge is 0.298 e. The Hall–Kier alpha value is -3.75. The predicted octanol–water partition coefficient (Wildman–Crippen LogP) is 8.00. The molecule has 0 saturated heterocycles. The third kappa shape index (κ3) is 8.35. The maximum atomic E-state index is 13.6. The van der Waals surface area contributed by atoms with Crippen LogP contribution in [-0.2, 0) is 40.9 Å². The molecule has 0 aliphatic rings. The fourth-order valence-electron chi connectivity index (χ4n) is 5.21. The molecule has 10 nitrogen and oxygen atoms in total. The van der Waals surface area contributed by atoms with Crippen LogP contribution in [0.1, 0.15) is 78.0 Å². The zero-order valence-electron chi connectivity index (χ0n) is 28.5. The largest absolute Gasteiger partial charge is 0.491 e. The summed E-state index contributed by atoms with van der Waals surface area (Å²) in [6.07, 6.45) is 1.48. The Morgan fingerprint density at radius 3 is 1.59 bits per heavy atom. The number of rotatable bonds is 13. The quantitative estimate of drug-likeness (QED) is 0.129. The number of ether oxygens (including phenoxy) is 2. The van der Waals surface area contributed by atoms with Gasteiger partial charge in [-0.1, -0.05) is 71.9 Å². The molecule has 0 aromatic heterocycles. The molecule has 0 bridgehead atoms. The normalized spacial score (nSPS) is 13.6. The zero-order valence-corrected chi connectivity index (χ0v) is 30.9. The van der Waals surface area contributed by atoms with E-state index in [2.05, 4.69) is 20.8 Å². The highest BCUT2D eigenvalue weighted by molar-refractivity contribution is 7.91. The van der Waals surface area contributed by atoms with Crippen molar-refractivity contribution in [3.05, 3.63) is 102 Å². The lowest BCUT2D eigenvalue weighted by Crippen LogP contribution is -2.20. The molecule has 49 heavy (non-hydrogen) atoms. The van der Waals surface area contributed by atoms with E-state index in [1.54, 1.807) is 26.0 Å². The van der Waals surface area contributed by atoms with Gasteiger partial charge >= 0.3 is 0 Å². The van der Waals surface area contributed by atoms with Gasteiger partial charge in [0.05, 0.1) is 20.8 Å². The molecule has 0 aliphatic heterocycles. The van der Waals surface area contributed by atoms with E-state index in [1.165, 1.54) is 12.1 Å². The molecular weight excluding hydrogens is 689 g/mol. The van der Waals surface area contributed by atoms with E-state index in [9.17, 15) is 34.4 Å². The van der Waals surface area contributed by atoms with Gasteiger partial charge in [0.2, 0.25) is 9.84 Å². The molecular formula is C36H42O10S3. The van der Waals surface area contributed by atoms with Gasteiger partial charge in [-0.05, 0) is 96.5 Å². The van der Waals surface area contributed by atoms with Crippen LogP contribution < -0.4 is 9.47 Å². The molecule has 13 heteroatoms. The van der Waals surface area contributed by atoms with E-state index >= 15 is 0 Å². The Balaban J connectivity index is 1.66. The van der Waals surface area contributed by atoms with Crippen LogP contribution in [0, 0.1) is 0 Å². The van der Waals surface area contributed by atoms with Gasteiger partial charge in [0, 0.05) is 5.41 Å². The van der Waals surface area contributed by atoms with E-state index < -0.39 is 60.5 Å². The third-order valence-corrected chi connectivity index (χ3v) is 12.5. The standard InChI is InChI=1S/C36H42O10S3/c1-8-24(3)45-27-14-10-25(11-15-27)36(6,7)26-12-16-28(17-13-26)46-32-21-19-30(23-34(32)49(42,43)44)47(37,38)29-18-20-31(35(4,5)9-2)33(22-29)48(39,40)41/h10-24H,8-9H2,1-7H3,(H,39,40,41)(H,42,43,44). The summed E-state index contributed by atoms with van der Waals surface area (Å²) >= 11 is 0. The van der Waals surface area contributed by atoms with Crippen LogP contribution in [0.15, 0.2) is 105 Å². The van der Waals surface area contributed by atoms with Crippen LogP contribution in [0.3, 0.4) is 0 Å². The van der Waals surface area contributed by atoms with E-state index in [4.69, 9.17) is 9.47 Å². The molecule has 0 spiro atoms. The van der Waals surface area contributed by atoms with E-state index in [1.807, 2.05) is 50.2 Å². The zero-order chi connectivity index (χ0) is 36.6. The molecule has 4 aromatic carbocycles. The van der Waals surface area contributed by atoms with Crippen LogP contribution in [0.2, 0.25) is 0 Å². The van der Waals surface area contributed by atoms with Gasteiger partial charge in [-0.2, -0.15) is 16.8 Å². The topological polar surface area (TPSA) is 161 Å². The maximum absolute atomic E-state index is 13.6. The van der Waals surface area contributed by atoms with Crippen molar-refractivity contribution in [2.75, 3.05) is 0 Å². The number of benzene rings is 4. The first-order chi connectivity index (χ1) is 22.6. The Morgan fingerprint density at radius 2 is 1.12 bits per heavy atom. The second-order valence-electron chi connectivity index (χ2n) is 13.1. The van der Waals surface area contributed by atoms with E-state index in [-0.39, 0.29) is 23.2 Å². The molecule has 264 valence electrons. The lowest BCUT2D eigenvalue weighted by molar-refractivity contribution is 0.217. The molecule has 2 N–H and O–H groups in total. The van der Waals surface area contributed by atoms with Crippen molar-refractivity contribution in [3.8, 4) is 17.2 Å². The monoisotopic (exact) mass is 730 g/mol. The summed E-state index contributed by atoms with van der Waals surface area (Å²) in [6, 6.07) is 21.0. The minimum Gasteiger partial charge on any atom is -0.491 e. The summed E-state index contributed by atoms with van der Waals surface area (Å²) in [4.78, 5) is -2.43. The molecule has 0 saturated carbocycles. The first-order valence-corrected chi connectivity index (χ1v) is 20.0. The number of hydrogen-bond donors (Lipinski definition) is 2. The van der Waals surface area contributed by atoms with Gasteiger partial charge < -0.3 is 9.47 Å². The fourth-order valence-corrected chi connectivity index (χ4v) is 8.21. The molecule has 0 radical (unpaired) electrons. The van der Waals surface area contributed by atoms with Gasteiger partial charge in [-0.25, -0.2) is 8.42 Å². The second kappa shape index (κ2) is 13.9. The van der Waals surface area contributed by atoms with Crippen molar-refractivity contribution < 1.29 is 43.8 Å². The fraction of sp³-hybridized carbons (Fsp3) is 0.333. The lowest BCUT2D eigenvalue weighted by Gasteiger charge is -2.27.